The molecule has 0 aliphatic heterocycles. The zero-order chi connectivity index (χ0) is 33.6. The third-order valence-electron chi connectivity index (χ3n) is 8.35. The van der Waals surface area contributed by atoms with E-state index in [9.17, 15) is 18.9 Å². The number of rotatable bonds is 13. The lowest BCUT2D eigenvalue weighted by molar-refractivity contribution is -0.149. The first-order chi connectivity index (χ1) is 21.7. The Kier molecular flexibility index (Phi) is 11.6. The van der Waals surface area contributed by atoms with Gasteiger partial charge < -0.3 is 14.1 Å². The van der Waals surface area contributed by atoms with Gasteiger partial charge in [0.15, 0.2) is 0 Å². The van der Waals surface area contributed by atoms with Crippen LogP contribution in [0.3, 0.4) is 0 Å². The molecule has 9 heteroatoms. The fourth-order valence-corrected chi connectivity index (χ4v) is 9.88. The second kappa shape index (κ2) is 15.0. The Labute approximate surface area is 274 Å². The second-order valence-electron chi connectivity index (χ2n) is 12.9. The van der Waals surface area contributed by atoms with Gasteiger partial charge in [-0.3, -0.25) is 4.57 Å². The van der Waals surface area contributed by atoms with Crippen LogP contribution < -0.4 is 15.5 Å². The van der Waals surface area contributed by atoms with E-state index in [-0.39, 0.29) is 18.5 Å². The molecule has 0 spiro atoms. The summed E-state index contributed by atoms with van der Waals surface area (Å²) in [6, 6.07) is 28.4. The minimum atomic E-state index is -3.60. The van der Waals surface area contributed by atoms with Crippen molar-refractivity contribution in [3.63, 3.8) is 0 Å². The van der Waals surface area contributed by atoms with Gasteiger partial charge in [-0.15, -0.1) is 0 Å². The number of halogens is 1. The zero-order valence-electron chi connectivity index (χ0n) is 27.6. The molecule has 4 aromatic rings. The van der Waals surface area contributed by atoms with Gasteiger partial charge in [-0.1, -0.05) is 105 Å². The van der Waals surface area contributed by atoms with E-state index < -0.39 is 40.0 Å². The van der Waals surface area contributed by atoms with Crippen LogP contribution in [-0.2, 0) is 24.9 Å². The summed E-state index contributed by atoms with van der Waals surface area (Å²) in [4.78, 5) is 13.0. The highest BCUT2D eigenvalue weighted by molar-refractivity contribution is 7.56. The molecule has 0 fully saturated rings. The topological polar surface area (TPSA) is 84.9 Å². The van der Waals surface area contributed by atoms with Crippen LogP contribution in [0, 0.1) is 37.9 Å². The van der Waals surface area contributed by atoms with Gasteiger partial charge in [0.25, 0.3) is 16.6 Å². The van der Waals surface area contributed by atoms with Crippen LogP contribution in [0.2, 0.25) is 0 Å². The Balaban J connectivity index is 1.67. The Bertz CT molecular complexity index is 1650. The van der Waals surface area contributed by atoms with Gasteiger partial charge in [-0.2, -0.15) is 0 Å². The second-order valence-corrected chi connectivity index (χ2v) is 17.3. The predicted molar refractivity (Wildman–Crippen MR) is 186 cm³/mol. The standard InChI is InChI=1S/C37H44FNO5PSi/c1-25-20-26(2)32(31(21-25)28-18-19-34(38)27(3)22-28)23-39-45(42,43-7)24-33(37(4,5)6)35(36(40)41)44-46(29-14-10-8-11-15-29)30-16-12-9-13-17-30/h8-22,33,35H,23-24H2,1-7H3,(H,39,42)(H,40,41)/t33?,35-,45?/m0/s1. The normalized spacial score (nSPS) is 14.5. The lowest BCUT2D eigenvalue weighted by Gasteiger charge is -2.38. The van der Waals surface area contributed by atoms with Crippen molar-refractivity contribution in [1.29, 1.82) is 0 Å². The van der Waals surface area contributed by atoms with Crippen LogP contribution in [0.15, 0.2) is 91.0 Å². The molecule has 4 aromatic carbocycles. The van der Waals surface area contributed by atoms with Crippen molar-refractivity contribution < 1.29 is 27.8 Å². The van der Waals surface area contributed by atoms with Crippen molar-refractivity contribution in [2.45, 2.75) is 54.2 Å². The van der Waals surface area contributed by atoms with E-state index >= 15 is 0 Å². The fraction of sp³-hybridized carbons (Fsp3) is 0.324. The molecule has 3 atom stereocenters. The molecule has 0 aliphatic carbocycles. The number of hydrogen-bond acceptors (Lipinski definition) is 4. The molecule has 0 bridgehead atoms. The smallest absolute Gasteiger partial charge is 0.331 e. The van der Waals surface area contributed by atoms with Gasteiger partial charge >= 0.3 is 5.97 Å². The van der Waals surface area contributed by atoms with Crippen molar-refractivity contribution in [3.8, 4) is 11.1 Å². The maximum atomic E-state index is 14.5. The zero-order valence-corrected chi connectivity index (χ0v) is 29.5. The van der Waals surface area contributed by atoms with Gasteiger partial charge in [0.1, 0.15) is 11.9 Å². The SMILES string of the molecule is COP(=O)(CC([C@H](O[Si](c1ccccc1)c1ccccc1)C(=O)O)C(C)(C)C)NCc1c(C)cc(C)cc1-c1ccc(F)c(C)c1. The summed E-state index contributed by atoms with van der Waals surface area (Å²) < 4.78 is 40.9. The summed E-state index contributed by atoms with van der Waals surface area (Å²) in [7, 11) is -4.19. The molecule has 2 N–H and O–H groups in total. The van der Waals surface area contributed by atoms with Crippen LogP contribution in [0.1, 0.15) is 43.0 Å². The summed E-state index contributed by atoms with van der Waals surface area (Å²) >= 11 is 0. The van der Waals surface area contributed by atoms with Crippen molar-refractivity contribution >= 4 is 32.9 Å². The van der Waals surface area contributed by atoms with Gasteiger partial charge in [0.05, 0.1) is 0 Å². The first-order valence-corrected chi connectivity index (χ1v) is 18.6. The Morgan fingerprint density at radius 2 is 1.50 bits per heavy atom. The van der Waals surface area contributed by atoms with Gasteiger partial charge in [-0.25, -0.2) is 14.3 Å². The first kappa shape index (κ1) is 35.5. The number of hydrogen-bond donors (Lipinski definition) is 2. The molecule has 6 nitrogen and oxygen atoms in total. The molecule has 0 amide bonds. The molecule has 0 heterocycles. The molecular formula is C37H44FNO5PSi. The number of carboxylic acid groups (broad SMARTS) is 1. The summed E-state index contributed by atoms with van der Waals surface area (Å²) in [5.41, 5.74) is 4.66. The van der Waals surface area contributed by atoms with E-state index in [4.69, 9.17) is 8.95 Å². The molecule has 1 radical (unpaired) electrons. The maximum absolute atomic E-state index is 14.5. The summed E-state index contributed by atoms with van der Waals surface area (Å²) in [5, 5.41) is 15.6. The third-order valence-corrected chi connectivity index (χ3v) is 12.7. The van der Waals surface area contributed by atoms with Crippen molar-refractivity contribution in [1.82, 2.24) is 5.09 Å². The summed E-state index contributed by atoms with van der Waals surface area (Å²) in [6.07, 6.45) is -1.31. The summed E-state index contributed by atoms with van der Waals surface area (Å²) in [6.45, 7) is 11.7. The number of carboxylic acids is 1. The van der Waals surface area contributed by atoms with Crippen molar-refractivity contribution in [3.05, 3.63) is 119 Å². The van der Waals surface area contributed by atoms with Crippen LogP contribution in [0.4, 0.5) is 4.39 Å². The molecule has 243 valence electrons. The maximum Gasteiger partial charge on any atom is 0.331 e. The lowest BCUT2D eigenvalue weighted by atomic mass is 9.78. The highest BCUT2D eigenvalue weighted by Crippen LogP contribution is 2.49. The molecule has 46 heavy (non-hydrogen) atoms. The van der Waals surface area contributed by atoms with Crippen molar-refractivity contribution in [2.24, 2.45) is 11.3 Å². The minimum Gasteiger partial charge on any atom is -0.479 e. The number of nitrogens with one attached hydrogen (secondary N) is 1. The van der Waals surface area contributed by atoms with Crippen LogP contribution >= 0.6 is 7.52 Å². The predicted octanol–water partition coefficient (Wildman–Crippen LogP) is 7.29. The van der Waals surface area contributed by atoms with E-state index in [1.165, 1.54) is 13.2 Å². The highest BCUT2D eigenvalue weighted by Gasteiger charge is 2.44. The van der Waals surface area contributed by atoms with E-state index in [1.54, 1.807) is 13.0 Å². The van der Waals surface area contributed by atoms with E-state index in [1.807, 2.05) is 107 Å². The third kappa shape index (κ3) is 8.69. The fourth-order valence-electron chi connectivity index (χ4n) is 5.70. The van der Waals surface area contributed by atoms with E-state index in [0.717, 1.165) is 38.2 Å². The first-order valence-electron chi connectivity index (χ1n) is 15.4. The molecule has 0 saturated heterocycles. The summed E-state index contributed by atoms with van der Waals surface area (Å²) in [5.74, 6) is -2.06. The average Bonchev–Trinajstić information content (AvgIpc) is 3.01. The quantitative estimate of drug-likeness (QED) is 0.116. The number of benzene rings is 4. The minimum absolute atomic E-state index is 0.0570. The number of carbonyl (C=O) groups is 1. The van der Waals surface area contributed by atoms with Crippen LogP contribution in [0.5, 0.6) is 0 Å². The lowest BCUT2D eigenvalue weighted by Crippen LogP contribution is -2.53. The van der Waals surface area contributed by atoms with Crippen LogP contribution in [-0.4, -0.2) is 39.5 Å². The van der Waals surface area contributed by atoms with E-state index in [0.29, 0.717) is 5.56 Å². The number of aliphatic carboxylic acids is 1. The average molecular weight is 661 g/mol. The van der Waals surface area contributed by atoms with E-state index in [2.05, 4.69) is 11.2 Å². The van der Waals surface area contributed by atoms with Gasteiger partial charge in [0.2, 0.25) is 0 Å². The van der Waals surface area contributed by atoms with Gasteiger partial charge in [-0.05, 0) is 76.5 Å². The Hall–Kier alpha value is -3.39. The Morgan fingerprint density at radius 3 is 2.00 bits per heavy atom. The highest BCUT2D eigenvalue weighted by atomic mass is 31.2. The number of aryl methyl sites for hydroxylation is 3. The van der Waals surface area contributed by atoms with Crippen LogP contribution in [0.25, 0.3) is 11.1 Å². The molecule has 0 aromatic heterocycles. The largest absolute Gasteiger partial charge is 0.479 e. The molecular weight excluding hydrogens is 616 g/mol. The monoisotopic (exact) mass is 660 g/mol. The molecule has 2 unspecified atom stereocenters. The molecule has 0 aliphatic rings. The Morgan fingerprint density at radius 1 is 0.913 bits per heavy atom. The molecule has 4 rings (SSSR count). The molecule has 0 saturated carbocycles. The van der Waals surface area contributed by atoms with Gasteiger partial charge in [0, 0.05) is 25.7 Å². The van der Waals surface area contributed by atoms with Crippen molar-refractivity contribution in [2.75, 3.05) is 13.3 Å².